The molecule has 1 amide bonds. The molecule has 0 aliphatic rings. The molecule has 0 aliphatic carbocycles. The normalized spacial score (nSPS) is 11.3. The SMILES string of the molecule is COc1ccc(OC)c(N(CCC(=O)NCCN(C)C)S(C)(=O)=O)c1. The molecule has 0 unspecified atom stereocenters. The summed E-state index contributed by atoms with van der Waals surface area (Å²) < 4.78 is 36.0. The number of rotatable bonds is 10. The van der Waals surface area contributed by atoms with E-state index in [2.05, 4.69) is 5.32 Å². The Balaban J connectivity index is 2.91. The molecule has 1 rings (SSSR count). The number of carbonyl (C=O) groups is 1. The number of amides is 1. The molecule has 8 nitrogen and oxygen atoms in total. The highest BCUT2D eigenvalue weighted by Crippen LogP contribution is 2.33. The van der Waals surface area contributed by atoms with E-state index in [0.717, 1.165) is 10.6 Å². The fraction of sp³-hybridized carbons (Fsp3) is 0.562. The maximum absolute atomic E-state index is 12.2. The Labute approximate surface area is 149 Å². The van der Waals surface area contributed by atoms with Crippen molar-refractivity contribution in [3.8, 4) is 11.5 Å². The molecular weight excluding hydrogens is 346 g/mol. The lowest BCUT2D eigenvalue weighted by molar-refractivity contribution is -0.120. The molecule has 0 fully saturated rings. The van der Waals surface area contributed by atoms with Crippen molar-refractivity contribution in [2.75, 3.05) is 58.5 Å². The Morgan fingerprint density at radius 2 is 1.84 bits per heavy atom. The number of likely N-dealkylation sites (N-methyl/N-ethyl adjacent to an activating group) is 1. The highest BCUT2D eigenvalue weighted by molar-refractivity contribution is 7.92. The van der Waals surface area contributed by atoms with Crippen LogP contribution in [-0.2, 0) is 14.8 Å². The highest BCUT2D eigenvalue weighted by Gasteiger charge is 2.22. The third-order valence-corrected chi connectivity index (χ3v) is 4.66. The van der Waals surface area contributed by atoms with Crippen molar-refractivity contribution in [3.05, 3.63) is 18.2 Å². The van der Waals surface area contributed by atoms with E-state index in [1.54, 1.807) is 18.2 Å². The molecule has 9 heteroatoms. The summed E-state index contributed by atoms with van der Waals surface area (Å²) >= 11 is 0. The summed E-state index contributed by atoms with van der Waals surface area (Å²) in [4.78, 5) is 13.9. The van der Waals surface area contributed by atoms with Crippen molar-refractivity contribution in [1.29, 1.82) is 0 Å². The molecule has 0 bridgehead atoms. The van der Waals surface area contributed by atoms with Gasteiger partial charge in [-0.25, -0.2) is 8.42 Å². The summed E-state index contributed by atoms with van der Waals surface area (Å²) in [6.45, 7) is 1.23. The van der Waals surface area contributed by atoms with Crippen LogP contribution in [-0.4, -0.2) is 73.4 Å². The number of nitrogens with one attached hydrogen (secondary N) is 1. The average molecular weight is 373 g/mol. The first-order chi connectivity index (χ1) is 11.7. The van der Waals surface area contributed by atoms with Gasteiger partial charge in [-0.3, -0.25) is 9.10 Å². The van der Waals surface area contributed by atoms with Crippen LogP contribution in [0.1, 0.15) is 6.42 Å². The Morgan fingerprint density at radius 3 is 2.36 bits per heavy atom. The van der Waals surface area contributed by atoms with Gasteiger partial charge in [0.25, 0.3) is 0 Å². The molecule has 0 radical (unpaired) electrons. The first-order valence-electron chi connectivity index (χ1n) is 7.80. The zero-order chi connectivity index (χ0) is 19.0. The Morgan fingerprint density at radius 1 is 1.16 bits per heavy atom. The maximum Gasteiger partial charge on any atom is 0.232 e. The second kappa shape index (κ2) is 9.47. The topological polar surface area (TPSA) is 88.2 Å². The van der Waals surface area contributed by atoms with Crippen LogP contribution in [0.3, 0.4) is 0 Å². The molecule has 0 aliphatic heterocycles. The Hall–Kier alpha value is -2.00. The first-order valence-corrected chi connectivity index (χ1v) is 9.65. The zero-order valence-corrected chi connectivity index (χ0v) is 16.2. The molecule has 0 saturated carbocycles. The molecule has 25 heavy (non-hydrogen) atoms. The molecule has 1 aromatic carbocycles. The van der Waals surface area contributed by atoms with Gasteiger partial charge in [0.15, 0.2) is 0 Å². The van der Waals surface area contributed by atoms with Crippen LogP contribution < -0.4 is 19.1 Å². The van der Waals surface area contributed by atoms with Crippen LogP contribution in [0, 0.1) is 0 Å². The molecule has 0 aromatic heterocycles. The fourth-order valence-electron chi connectivity index (χ4n) is 2.17. The number of methoxy groups -OCH3 is 2. The van der Waals surface area contributed by atoms with Crippen molar-refractivity contribution >= 4 is 21.6 Å². The summed E-state index contributed by atoms with van der Waals surface area (Å²) in [5.41, 5.74) is 0.338. The summed E-state index contributed by atoms with van der Waals surface area (Å²) in [5, 5.41) is 2.77. The van der Waals surface area contributed by atoms with E-state index in [1.165, 1.54) is 14.2 Å². The monoisotopic (exact) mass is 373 g/mol. The second-order valence-corrected chi connectivity index (χ2v) is 7.68. The van der Waals surface area contributed by atoms with E-state index in [4.69, 9.17) is 9.47 Å². The lowest BCUT2D eigenvalue weighted by Gasteiger charge is -2.24. The predicted octanol–water partition coefficient (Wildman–Crippen LogP) is 0.538. The van der Waals surface area contributed by atoms with Gasteiger partial charge in [-0.2, -0.15) is 0 Å². The number of anilines is 1. The van der Waals surface area contributed by atoms with Gasteiger partial charge in [-0.15, -0.1) is 0 Å². The summed E-state index contributed by atoms with van der Waals surface area (Å²) in [7, 11) is 3.18. The predicted molar refractivity (Wildman–Crippen MR) is 97.9 cm³/mol. The summed E-state index contributed by atoms with van der Waals surface area (Å²) in [6.07, 6.45) is 1.14. The number of nitrogens with zero attached hydrogens (tertiary/aromatic N) is 2. The van der Waals surface area contributed by atoms with Gasteiger partial charge in [-0.1, -0.05) is 0 Å². The molecule has 1 N–H and O–H groups in total. The van der Waals surface area contributed by atoms with E-state index in [1.807, 2.05) is 19.0 Å². The van der Waals surface area contributed by atoms with Crippen molar-refractivity contribution in [3.63, 3.8) is 0 Å². The molecule has 1 aromatic rings. The minimum Gasteiger partial charge on any atom is -0.497 e. The number of hydrogen-bond donors (Lipinski definition) is 1. The van der Waals surface area contributed by atoms with Gasteiger partial charge < -0.3 is 19.7 Å². The summed E-state index contributed by atoms with van der Waals surface area (Å²) in [5.74, 6) is 0.677. The number of ether oxygens (including phenoxy) is 2. The lowest BCUT2D eigenvalue weighted by atomic mass is 10.2. The number of carbonyl (C=O) groups excluding carboxylic acids is 1. The lowest BCUT2D eigenvalue weighted by Crippen LogP contribution is -2.36. The van der Waals surface area contributed by atoms with E-state index < -0.39 is 10.0 Å². The minimum atomic E-state index is -3.60. The minimum absolute atomic E-state index is 0.0101. The summed E-state index contributed by atoms with van der Waals surface area (Å²) in [6, 6.07) is 4.88. The van der Waals surface area contributed by atoms with E-state index in [0.29, 0.717) is 30.3 Å². The van der Waals surface area contributed by atoms with Gasteiger partial charge >= 0.3 is 0 Å². The number of benzene rings is 1. The van der Waals surface area contributed by atoms with E-state index in [9.17, 15) is 13.2 Å². The molecule has 0 heterocycles. The molecule has 0 saturated heterocycles. The zero-order valence-electron chi connectivity index (χ0n) is 15.4. The van der Waals surface area contributed by atoms with Crippen LogP contribution in [0.2, 0.25) is 0 Å². The quantitative estimate of drug-likeness (QED) is 0.644. The van der Waals surface area contributed by atoms with Crippen LogP contribution in [0.15, 0.2) is 18.2 Å². The fourth-order valence-corrected chi connectivity index (χ4v) is 3.09. The van der Waals surface area contributed by atoms with Crippen molar-refractivity contribution in [2.24, 2.45) is 0 Å². The molecule has 0 spiro atoms. The Bertz CT molecular complexity index is 676. The number of hydrogen-bond acceptors (Lipinski definition) is 6. The van der Waals surface area contributed by atoms with Crippen LogP contribution in [0.5, 0.6) is 11.5 Å². The standard InChI is InChI=1S/C16H27N3O5S/c1-18(2)11-9-17-16(20)8-10-19(25(5,21)22)14-12-13(23-3)6-7-15(14)24-4/h6-7,12H,8-11H2,1-5H3,(H,17,20). The van der Waals surface area contributed by atoms with Gasteiger partial charge in [0.1, 0.15) is 11.5 Å². The van der Waals surface area contributed by atoms with Gasteiger partial charge in [0.2, 0.25) is 15.9 Å². The average Bonchev–Trinajstić information content (AvgIpc) is 2.53. The Kier molecular flexibility index (Phi) is 7.98. The van der Waals surface area contributed by atoms with Crippen LogP contribution in [0.4, 0.5) is 5.69 Å². The van der Waals surface area contributed by atoms with Crippen molar-refractivity contribution < 1.29 is 22.7 Å². The smallest absolute Gasteiger partial charge is 0.232 e. The third-order valence-electron chi connectivity index (χ3n) is 3.48. The third kappa shape index (κ3) is 6.79. The maximum atomic E-state index is 12.2. The largest absolute Gasteiger partial charge is 0.497 e. The second-order valence-electron chi connectivity index (χ2n) is 5.78. The molecule has 0 atom stereocenters. The van der Waals surface area contributed by atoms with Gasteiger partial charge in [0.05, 0.1) is 26.2 Å². The van der Waals surface area contributed by atoms with Gasteiger partial charge in [-0.05, 0) is 26.2 Å². The molecular formula is C16H27N3O5S. The van der Waals surface area contributed by atoms with E-state index in [-0.39, 0.29) is 18.9 Å². The van der Waals surface area contributed by atoms with Crippen LogP contribution in [0.25, 0.3) is 0 Å². The highest BCUT2D eigenvalue weighted by atomic mass is 32.2. The van der Waals surface area contributed by atoms with Gasteiger partial charge in [0, 0.05) is 32.1 Å². The van der Waals surface area contributed by atoms with Crippen LogP contribution >= 0.6 is 0 Å². The molecule has 142 valence electrons. The van der Waals surface area contributed by atoms with E-state index >= 15 is 0 Å². The number of sulfonamides is 1. The van der Waals surface area contributed by atoms with Crippen molar-refractivity contribution in [1.82, 2.24) is 10.2 Å². The van der Waals surface area contributed by atoms with Crippen molar-refractivity contribution in [2.45, 2.75) is 6.42 Å². The first kappa shape index (κ1) is 21.0.